The number of nitrogens with one attached hydrogen (secondary N) is 1. The average Bonchev–Trinajstić information content (AvgIpc) is 3.15. The molecule has 2 aromatic rings. The number of carbonyl (C=O) groups excluding carboxylic acids is 3. The lowest BCUT2D eigenvalue weighted by Crippen LogP contribution is -2.34. The monoisotopic (exact) mass is 383 g/mol. The molecule has 0 radical (unpaired) electrons. The van der Waals surface area contributed by atoms with Crippen LogP contribution < -0.4 is 14.8 Å². The highest BCUT2D eigenvalue weighted by Gasteiger charge is 2.22. The van der Waals surface area contributed by atoms with Gasteiger partial charge in [0.2, 0.25) is 12.6 Å². The molecule has 0 bridgehead atoms. The van der Waals surface area contributed by atoms with Gasteiger partial charge in [0.05, 0.1) is 0 Å². The Hall–Kier alpha value is -3.35. The molecule has 3 rings (SSSR count). The number of rotatable bonds is 6. The van der Waals surface area contributed by atoms with Crippen LogP contribution in [-0.2, 0) is 9.53 Å². The van der Waals surface area contributed by atoms with Crippen molar-refractivity contribution >= 4 is 17.7 Å². The largest absolute Gasteiger partial charge is 0.454 e. The molecule has 0 saturated carbocycles. The van der Waals surface area contributed by atoms with Gasteiger partial charge in [-0.05, 0) is 50.6 Å². The van der Waals surface area contributed by atoms with E-state index in [0.717, 1.165) is 11.1 Å². The maximum absolute atomic E-state index is 12.5. The summed E-state index contributed by atoms with van der Waals surface area (Å²) >= 11 is 0. The standard InChI is InChI=1S/C21H21NO6/c1-12-4-5-13(2)16(8-12)20(24)14(3)28-19(23)10-22-21(25)15-6-7-17-18(9-15)27-11-26-17/h4-9,14H,10-11H2,1-3H3,(H,22,25)/t14-/m1/s1. The summed E-state index contributed by atoms with van der Waals surface area (Å²) in [4.78, 5) is 36.8. The fourth-order valence-electron chi connectivity index (χ4n) is 2.80. The molecule has 1 aliphatic rings. The molecular formula is C21H21NO6. The van der Waals surface area contributed by atoms with E-state index in [4.69, 9.17) is 14.2 Å². The van der Waals surface area contributed by atoms with E-state index in [9.17, 15) is 14.4 Å². The van der Waals surface area contributed by atoms with Gasteiger partial charge in [0.15, 0.2) is 17.6 Å². The van der Waals surface area contributed by atoms with Crippen molar-refractivity contribution in [3.05, 3.63) is 58.7 Å². The Balaban J connectivity index is 1.54. The number of carbonyl (C=O) groups is 3. The van der Waals surface area contributed by atoms with E-state index in [1.54, 1.807) is 18.2 Å². The number of aryl methyl sites for hydroxylation is 2. The Morgan fingerprint density at radius 1 is 1.07 bits per heavy atom. The number of Topliss-reactive ketones (excluding diaryl/α,β-unsaturated/α-hetero) is 1. The predicted molar refractivity (Wildman–Crippen MR) is 101 cm³/mol. The molecule has 146 valence electrons. The minimum absolute atomic E-state index is 0.110. The van der Waals surface area contributed by atoms with E-state index in [1.165, 1.54) is 13.0 Å². The Labute approximate surface area is 162 Å². The normalized spacial score (nSPS) is 13.0. The quantitative estimate of drug-likeness (QED) is 0.609. The first-order valence-corrected chi connectivity index (χ1v) is 8.84. The van der Waals surface area contributed by atoms with Crippen LogP contribution in [0.5, 0.6) is 11.5 Å². The van der Waals surface area contributed by atoms with Crippen molar-refractivity contribution in [3.63, 3.8) is 0 Å². The molecule has 7 heteroatoms. The third-order valence-electron chi connectivity index (χ3n) is 4.36. The Morgan fingerprint density at radius 3 is 2.61 bits per heavy atom. The lowest BCUT2D eigenvalue weighted by atomic mass is 9.99. The minimum Gasteiger partial charge on any atom is -0.454 e. The zero-order valence-electron chi connectivity index (χ0n) is 15.9. The van der Waals surface area contributed by atoms with Crippen molar-refractivity contribution in [1.82, 2.24) is 5.32 Å². The van der Waals surface area contributed by atoms with Crippen LogP contribution in [0.25, 0.3) is 0 Å². The molecule has 7 nitrogen and oxygen atoms in total. The summed E-state index contributed by atoms with van der Waals surface area (Å²) in [5, 5.41) is 2.47. The molecule has 0 fully saturated rings. The maximum Gasteiger partial charge on any atom is 0.326 e. The topological polar surface area (TPSA) is 90.9 Å². The zero-order chi connectivity index (χ0) is 20.3. The van der Waals surface area contributed by atoms with Crippen LogP contribution in [0.4, 0.5) is 0 Å². The number of hydrogen-bond acceptors (Lipinski definition) is 6. The molecule has 0 unspecified atom stereocenters. The molecule has 1 aliphatic heterocycles. The van der Waals surface area contributed by atoms with Gasteiger partial charge in [-0.1, -0.05) is 17.7 Å². The highest BCUT2D eigenvalue weighted by Crippen LogP contribution is 2.32. The SMILES string of the molecule is Cc1ccc(C)c(C(=O)[C@@H](C)OC(=O)CNC(=O)c2ccc3c(c2)OCO3)c1. The van der Waals surface area contributed by atoms with Gasteiger partial charge in [0.1, 0.15) is 6.54 Å². The Morgan fingerprint density at radius 2 is 1.82 bits per heavy atom. The molecule has 0 saturated heterocycles. The van der Waals surface area contributed by atoms with E-state index >= 15 is 0 Å². The number of hydrogen-bond donors (Lipinski definition) is 1. The molecule has 1 amide bonds. The number of esters is 1. The smallest absolute Gasteiger partial charge is 0.326 e. The lowest BCUT2D eigenvalue weighted by Gasteiger charge is -2.14. The van der Waals surface area contributed by atoms with Gasteiger partial charge in [0, 0.05) is 11.1 Å². The summed E-state index contributed by atoms with van der Waals surface area (Å²) in [6.07, 6.45) is -0.949. The van der Waals surface area contributed by atoms with Crippen LogP contribution in [-0.4, -0.2) is 37.1 Å². The van der Waals surface area contributed by atoms with E-state index < -0.39 is 18.0 Å². The van der Waals surface area contributed by atoms with Gasteiger partial charge in [-0.2, -0.15) is 0 Å². The van der Waals surface area contributed by atoms with E-state index in [0.29, 0.717) is 22.6 Å². The molecule has 0 spiro atoms. The summed E-state index contributed by atoms with van der Waals surface area (Å²) in [5.74, 6) is -0.390. The molecule has 1 N–H and O–H groups in total. The highest BCUT2D eigenvalue weighted by atomic mass is 16.7. The number of ketones is 1. The second-order valence-electron chi connectivity index (χ2n) is 6.57. The van der Waals surface area contributed by atoms with Gasteiger partial charge in [-0.25, -0.2) is 0 Å². The summed E-state index contributed by atoms with van der Waals surface area (Å²) in [6, 6.07) is 10.3. The first-order valence-electron chi connectivity index (χ1n) is 8.84. The van der Waals surface area contributed by atoms with Gasteiger partial charge >= 0.3 is 5.97 Å². The number of amides is 1. The van der Waals surface area contributed by atoms with Crippen molar-refractivity contribution in [1.29, 1.82) is 0 Å². The van der Waals surface area contributed by atoms with Crippen molar-refractivity contribution in [2.24, 2.45) is 0 Å². The average molecular weight is 383 g/mol. The third kappa shape index (κ3) is 4.31. The maximum atomic E-state index is 12.5. The lowest BCUT2D eigenvalue weighted by molar-refractivity contribution is -0.145. The Bertz CT molecular complexity index is 936. The van der Waals surface area contributed by atoms with Crippen molar-refractivity contribution in [2.75, 3.05) is 13.3 Å². The molecule has 1 heterocycles. The molecular weight excluding hydrogens is 362 g/mol. The zero-order valence-corrected chi connectivity index (χ0v) is 15.9. The predicted octanol–water partition coefficient (Wildman–Crippen LogP) is 2.58. The summed E-state index contributed by atoms with van der Waals surface area (Å²) in [7, 11) is 0. The first kappa shape index (κ1) is 19.4. The van der Waals surface area contributed by atoms with Gasteiger partial charge in [0.25, 0.3) is 5.91 Å². The van der Waals surface area contributed by atoms with Crippen LogP contribution in [0.15, 0.2) is 36.4 Å². The molecule has 28 heavy (non-hydrogen) atoms. The van der Waals surface area contributed by atoms with Crippen molar-refractivity contribution in [2.45, 2.75) is 26.9 Å². The van der Waals surface area contributed by atoms with Gasteiger partial charge < -0.3 is 19.5 Å². The fraction of sp³-hybridized carbons (Fsp3) is 0.286. The van der Waals surface area contributed by atoms with Gasteiger partial charge in [-0.3, -0.25) is 14.4 Å². The van der Waals surface area contributed by atoms with Crippen LogP contribution in [0, 0.1) is 13.8 Å². The van der Waals surface area contributed by atoms with Crippen molar-refractivity contribution in [3.8, 4) is 11.5 Å². The van der Waals surface area contributed by atoms with Gasteiger partial charge in [-0.15, -0.1) is 0 Å². The fourth-order valence-corrected chi connectivity index (χ4v) is 2.80. The minimum atomic E-state index is -0.949. The van der Waals surface area contributed by atoms with Crippen molar-refractivity contribution < 1.29 is 28.6 Å². The van der Waals surface area contributed by atoms with Crippen LogP contribution in [0.2, 0.25) is 0 Å². The molecule has 0 aromatic heterocycles. The van der Waals surface area contributed by atoms with Crippen LogP contribution in [0.3, 0.4) is 0 Å². The second-order valence-corrected chi connectivity index (χ2v) is 6.57. The number of ether oxygens (including phenoxy) is 3. The Kier molecular flexibility index (Phi) is 5.63. The molecule has 1 atom stereocenters. The first-order chi connectivity index (χ1) is 13.3. The van der Waals surface area contributed by atoms with Crippen LogP contribution in [0.1, 0.15) is 38.8 Å². The summed E-state index contributed by atoms with van der Waals surface area (Å²) in [5.41, 5.74) is 2.61. The van der Waals surface area contributed by atoms with E-state index in [2.05, 4.69) is 5.32 Å². The number of fused-ring (bicyclic) bond motifs is 1. The van der Waals surface area contributed by atoms with E-state index in [1.807, 2.05) is 26.0 Å². The summed E-state index contributed by atoms with van der Waals surface area (Å²) in [6.45, 7) is 4.99. The third-order valence-corrected chi connectivity index (χ3v) is 4.36. The molecule has 2 aromatic carbocycles. The molecule has 0 aliphatic carbocycles. The summed E-state index contributed by atoms with van der Waals surface area (Å²) < 4.78 is 15.6. The second kappa shape index (κ2) is 8.12. The van der Waals surface area contributed by atoms with E-state index in [-0.39, 0.29) is 19.1 Å². The van der Waals surface area contributed by atoms with Crippen LogP contribution >= 0.6 is 0 Å². The highest BCUT2D eigenvalue weighted by molar-refractivity contribution is 6.02. The number of benzene rings is 2.